The van der Waals surface area contributed by atoms with Crippen LogP contribution in [0.15, 0.2) is 24.3 Å². The van der Waals surface area contributed by atoms with Crippen molar-refractivity contribution in [2.75, 3.05) is 11.4 Å². The average Bonchev–Trinajstić information content (AvgIpc) is 2.19. The molecule has 0 bridgehead atoms. The minimum absolute atomic E-state index is 0.181. The van der Waals surface area contributed by atoms with E-state index in [1.165, 1.54) is 12.1 Å². The zero-order chi connectivity index (χ0) is 11.5. The summed E-state index contributed by atoms with van der Waals surface area (Å²) in [6.07, 6.45) is 3.14. The Hall–Kier alpha value is -1.38. The van der Waals surface area contributed by atoms with Crippen molar-refractivity contribution in [2.24, 2.45) is 5.92 Å². The van der Waals surface area contributed by atoms with E-state index in [0.29, 0.717) is 6.54 Å². The maximum atomic E-state index is 12.8. The summed E-state index contributed by atoms with van der Waals surface area (Å²) in [6, 6.07) is 6.11. The number of anilines is 1. The highest BCUT2D eigenvalue weighted by Crippen LogP contribution is 2.30. The fraction of sp³-hybridized carbons (Fsp3) is 0.462. The quantitative estimate of drug-likeness (QED) is 0.768. The lowest BCUT2D eigenvalue weighted by Crippen LogP contribution is -2.38. The monoisotopic (exact) mass is 221 g/mol. The number of nitrogens with zero attached hydrogens (tertiary/aromatic N) is 1. The lowest BCUT2D eigenvalue weighted by Gasteiger charge is -2.31. The summed E-state index contributed by atoms with van der Waals surface area (Å²) in [5.74, 6) is 0.0984. The van der Waals surface area contributed by atoms with Crippen LogP contribution in [0.3, 0.4) is 0 Å². The van der Waals surface area contributed by atoms with Crippen LogP contribution >= 0.6 is 0 Å². The van der Waals surface area contributed by atoms with E-state index in [1.54, 1.807) is 17.0 Å². The van der Waals surface area contributed by atoms with Gasteiger partial charge in [-0.15, -0.1) is 0 Å². The van der Waals surface area contributed by atoms with Gasteiger partial charge in [0.05, 0.1) is 0 Å². The first-order chi connectivity index (χ1) is 7.72. The molecule has 1 aromatic rings. The first-order valence-corrected chi connectivity index (χ1v) is 5.79. The Bertz CT molecular complexity index is 370. The van der Waals surface area contributed by atoms with Gasteiger partial charge in [-0.25, -0.2) is 4.39 Å². The predicted octanol–water partition coefficient (Wildman–Crippen LogP) is 2.98. The number of carbonyl (C=O) groups excluding carboxylic acids is 1. The van der Waals surface area contributed by atoms with Crippen LogP contribution in [0, 0.1) is 11.7 Å². The molecule has 1 aliphatic carbocycles. The molecule has 1 aliphatic rings. The van der Waals surface area contributed by atoms with Crippen molar-refractivity contribution < 1.29 is 9.18 Å². The molecule has 0 radical (unpaired) electrons. The van der Waals surface area contributed by atoms with E-state index in [2.05, 4.69) is 0 Å². The molecule has 0 aromatic heterocycles. The van der Waals surface area contributed by atoms with Crippen LogP contribution in [0.5, 0.6) is 0 Å². The van der Waals surface area contributed by atoms with Gasteiger partial charge in [-0.05, 0) is 44.0 Å². The second-order valence-corrected chi connectivity index (χ2v) is 4.19. The van der Waals surface area contributed by atoms with Gasteiger partial charge in [-0.1, -0.05) is 6.42 Å². The number of hydrogen-bond acceptors (Lipinski definition) is 1. The Morgan fingerprint density at radius 2 is 2.00 bits per heavy atom. The highest BCUT2D eigenvalue weighted by Gasteiger charge is 2.29. The van der Waals surface area contributed by atoms with Gasteiger partial charge in [0.2, 0.25) is 5.91 Å². The molecule has 0 aliphatic heterocycles. The van der Waals surface area contributed by atoms with Gasteiger partial charge in [0.25, 0.3) is 0 Å². The normalized spacial score (nSPS) is 15.6. The zero-order valence-corrected chi connectivity index (χ0v) is 9.45. The van der Waals surface area contributed by atoms with E-state index in [-0.39, 0.29) is 17.6 Å². The Kier molecular flexibility index (Phi) is 3.22. The summed E-state index contributed by atoms with van der Waals surface area (Å²) in [5.41, 5.74) is 0.792. The number of amides is 1. The number of halogens is 1. The molecule has 0 unspecified atom stereocenters. The predicted molar refractivity (Wildman–Crippen MR) is 61.8 cm³/mol. The van der Waals surface area contributed by atoms with E-state index in [1.807, 2.05) is 6.92 Å². The van der Waals surface area contributed by atoms with Gasteiger partial charge < -0.3 is 4.90 Å². The Labute approximate surface area is 95.1 Å². The lowest BCUT2D eigenvalue weighted by molar-refractivity contribution is -0.124. The Morgan fingerprint density at radius 3 is 2.44 bits per heavy atom. The van der Waals surface area contributed by atoms with Gasteiger partial charge in [-0.2, -0.15) is 0 Å². The highest BCUT2D eigenvalue weighted by molar-refractivity contribution is 5.95. The molecule has 1 amide bonds. The minimum atomic E-state index is -0.268. The molecule has 2 rings (SSSR count). The molecule has 0 atom stereocenters. The van der Waals surface area contributed by atoms with E-state index >= 15 is 0 Å². The first kappa shape index (κ1) is 11.1. The summed E-state index contributed by atoms with van der Waals surface area (Å²) in [6.45, 7) is 2.58. The van der Waals surface area contributed by atoms with Crippen LogP contribution in [-0.2, 0) is 4.79 Å². The number of rotatable bonds is 3. The lowest BCUT2D eigenvalue weighted by atomic mass is 9.84. The second-order valence-electron chi connectivity index (χ2n) is 4.19. The first-order valence-electron chi connectivity index (χ1n) is 5.79. The minimum Gasteiger partial charge on any atom is -0.312 e. The SMILES string of the molecule is CCN(C(=O)C1CCC1)c1ccc(F)cc1. The van der Waals surface area contributed by atoms with Crippen LogP contribution in [0.25, 0.3) is 0 Å². The molecule has 1 aromatic carbocycles. The summed E-state index contributed by atoms with van der Waals surface area (Å²) >= 11 is 0. The number of hydrogen-bond donors (Lipinski definition) is 0. The van der Waals surface area contributed by atoms with Crippen molar-refractivity contribution in [3.05, 3.63) is 30.1 Å². The maximum Gasteiger partial charge on any atom is 0.230 e. The molecular formula is C13H16FNO. The molecule has 16 heavy (non-hydrogen) atoms. The fourth-order valence-corrected chi connectivity index (χ4v) is 1.96. The van der Waals surface area contributed by atoms with Gasteiger partial charge in [0.15, 0.2) is 0 Å². The Morgan fingerprint density at radius 1 is 1.38 bits per heavy atom. The molecule has 0 N–H and O–H groups in total. The molecule has 86 valence electrons. The van der Waals surface area contributed by atoms with Crippen molar-refractivity contribution in [3.63, 3.8) is 0 Å². The van der Waals surface area contributed by atoms with Crippen LogP contribution in [0.4, 0.5) is 10.1 Å². The standard InChI is InChI=1S/C13H16FNO/c1-2-15(13(16)10-4-3-5-10)12-8-6-11(14)7-9-12/h6-10H,2-5H2,1H3. The van der Waals surface area contributed by atoms with Crippen LogP contribution in [0.2, 0.25) is 0 Å². The molecule has 3 heteroatoms. The maximum absolute atomic E-state index is 12.8. The summed E-state index contributed by atoms with van der Waals surface area (Å²) in [7, 11) is 0. The number of carbonyl (C=O) groups is 1. The van der Waals surface area contributed by atoms with E-state index in [9.17, 15) is 9.18 Å². The van der Waals surface area contributed by atoms with Crippen LogP contribution in [0.1, 0.15) is 26.2 Å². The molecule has 1 saturated carbocycles. The molecular weight excluding hydrogens is 205 g/mol. The highest BCUT2D eigenvalue weighted by atomic mass is 19.1. The fourth-order valence-electron chi connectivity index (χ4n) is 1.96. The zero-order valence-electron chi connectivity index (χ0n) is 9.45. The molecule has 0 saturated heterocycles. The molecule has 0 heterocycles. The van der Waals surface area contributed by atoms with Gasteiger partial charge in [0.1, 0.15) is 5.82 Å². The van der Waals surface area contributed by atoms with Crippen LogP contribution < -0.4 is 4.90 Å². The summed E-state index contributed by atoms with van der Waals surface area (Å²) < 4.78 is 12.8. The van der Waals surface area contributed by atoms with Crippen molar-refractivity contribution in [2.45, 2.75) is 26.2 Å². The summed E-state index contributed by atoms with van der Waals surface area (Å²) in [4.78, 5) is 13.8. The smallest absolute Gasteiger partial charge is 0.230 e. The van der Waals surface area contributed by atoms with Crippen molar-refractivity contribution >= 4 is 11.6 Å². The van der Waals surface area contributed by atoms with E-state index in [0.717, 1.165) is 24.9 Å². The van der Waals surface area contributed by atoms with Gasteiger partial charge in [0, 0.05) is 18.2 Å². The third-order valence-corrected chi connectivity index (χ3v) is 3.17. The van der Waals surface area contributed by atoms with Crippen LogP contribution in [-0.4, -0.2) is 12.5 Å². The third kappa shape index (κ3) is 2.08. The molecule has 2 nitrogen and oxygen atoms in total. The van der Waals surface area contributed by atoms with Crippen molar-refractivity contribution in [3.8, 4) is 0 Å². The second kappa shape index (κ2) is 4.64. The molecule has 1 fully saturated rings. The summed E-state index contributed by atoms with van der Waals surface area (Å²) in [5, 5.41) is 0. The van der Waals surface area contributed by atoms with E-state index < -0.39 is 0 Å². The van der Waals surface area contributed by atoms with Gasteiger partial charge in [-0.3, -0.25) is 4.79 Å². The third-order valence-electron chi connectivity index (χ3n) is 3.17. The average molecular weight is 221 g/mol. The largest absolute Gasteiger partial charge is 0.312 e. The van der Waals surface area contributed by atoms with Gasteiger partial charge >= 0.3 is 0 Å². The van der Waals surface area contributed by atoms with Crippen molar-refractivity contribution in [1.82, 2.24) is 0 Å². The topological polar surface area (TPSA) is 20.3 Å². The van der Waals surface area contributed by atoms with E-state index in [4.69, 9.17) is 0 Å². The molecule has 0 spiro atoms. The van der Waals surface area contributed by atoms with Crippen molar-refractivity contribution in [1.29, 1.82) is 0 Å². The Balaban J connectivity index is 2.14. The number of benzene rings is 1.